The summed E-state index contributed by atoms with van der Waals surface area (Å²) in [6, 6.07) is 7.89. The monoisotopic (exact) mass is 279 g/mol. The highest BCUT2D eigenvalue weighted by atomic mass is 16.5. The zero-order valence-corrected chi connectivity index (χ0v) is 12.6. The predicted molar refractivity (Wildman–Crippen MR) is 81.1 cm³/mol. The van der Waals surface area contributed by atoms with E-state index in [1.54, 1.807) is 7.11 Å². The first-order valence-corrected chi connectivity index (χ1v) is 6.87. The Balaban J connectivity index is 2.15. The lowest BCUT2D eigenvalue weighted by Gasteiger charge is -2.10. The van der Waals surface area contributed by atoms with Gasteiger partial charge in [0.25, 0.3) is 0 Å². The fourth-order valence-electron chi connectivity index (χ4n) is 1.74. The number of carbonyl (C=O) groups is 1. The van der Waals surface area contributed by atoms with Crippen molar-refractivity contribution in [3.63, 3.8) is 0 Å². The summed E-state index contributed by atoms with van der Waals surface area (Å²) >= 11 is 0. The van der Waals surface area contributed by atoms with Crippen LogP contribution in [0.1, 0.15) is 5.56 Å². The van der Waals surface area contributed by atoms with Gasteiger partial charge in [0.05, 0.1) is 13.7 Å². The van der Waals surface area contributed by atoms with Gasteiger partial charge in [0, 0.05) is 19.6 Å². The molecule has 0 aliphatic carbocycles. The third kappa shape index (κ3) is 7.11. The van der Waals surface area contributed by atoms with E-state index in [0.29, 0.717) is 13.1 Å². The standard InChI is InChI=1S/C15H25N3O2/c1-18(2)10-9-16-12-15(19)17-8-7-13-5-4-6-14(11-13)20-3/h4-6,11,16H,7-10,12H2,1-3H3,(H,17,19). The van der Waals surface area contributed by atoms with Crippen LogP contribution in [0.5, 0.6) is 5.75 Å². The van der Waals surface area contributed by atoms with Gasteiger partial charge in [-0.3, -0.25) is 4.79 Å². The van der Waals surface area contributed by atoms with Crippen LogP contribution in [-0.4, -0.2) is 58.2 Å². The van der Waals surface area contributed by atoms with Crippen LogP contribution in [0.3, 0.4) is 0 Å². The lowest BCUT2D eigenvalue weighted by atomic mass is 10.1. The van der Waals surface area contributed by atoms with Crippen LogP contribution in [0.4, 0.5) is 0 Å². The molecule has 0 saturated carbocycles. The molecule has 0 aliphatic heterocycles. The Hall–Kier alpha value is -1.59. The van der Waals surface area contributed by atoms with E-state index in [4.69, 9.17) is 4.74 Å². The maximum absolute atomic E-state index is 11.6. The largest absolute Gasteiger partial charge is 0.497 e. The Kier molecular flexibility index (Phi) is 7.69. The third-order valence-electron chi connectivity index (χ3n) is 2.89. The molecule has 0 unspecified atom stereocenters. The second-order valence-corrected chi connectivity index (χ2v) is 4.93. The van der Waals surface area contributed by atoms with Crippen LogP contribution in [0.25, 0.3) is 0 Å². The number of ether oxygens (including phenoxy) is 1. The molecule has 20 heavy (non-hydrogen) atoms. The molecule has 0 saturated heterocycles. The maximum Gasteiger partial charge on any atom is 0.233 e. The van der Waals surface area contributed by atoms with Gasteiger partial charge in [-0.2, -0.15) is 0 Å². The highest BCUT2D eigenvalue weighted by Gasteiger charge is 2.01. The van der Waals surface area contributed by atoms with Gasteiger partial charge in [-0.1, -0.05) is 12.1 Å². The van der Waals surface area contributed by atoms with Crippen molar-refractivity contribution in [1.82, 2.24) is 15.5 Å². The van der Waals surface area contributed by atoms with E-state index in [9.17, 15) is 4.79 Å². The lowest BCUT2D eigenvalue weighted by Crippen LogP contribution is -2.37. The van der Waals surface area contributed by atoms with E-state index in [0.717, 1.165) is 30.8 Å². The topological polar surface area (TPSA) is 53.6 Å². The number of amides is 1. The smallest absolute Gasteiger partial charge is 0.233 e. The van der Waals surface area contributed by atoms with E-state index in [1.807, 2.05) is 38.4 Å². The van der Waals surface area contributed by atoms with Gasteiger partial charge in [0.1, 0.15) is 5.75 Å². The molecule has 112 valence electrons. The average molecular weight is 279 g/mol. The van der Waals surface area contributed by atoms with Crippen LogP contribution in [0, 0.1) is 0 Å². The highest BCUT2D eigenvalue weighted by Crippen LogP contribution is 2.12. The predicted octanol–water partition coefficient (Wildman–Crippen LogP) is 0.505. The van der Waals surface area contributed by atoms with E-state index < -0.39 is 0 Å². The normalized spacial score (nSPS) is 10.6. The quantitative estimate of drug-likeness (QED) is 0.647. The van der Waals surface area contributed by atoms with Gasteiger partial charge in [-0.05, 0) is 38.2 Å². The van der Waals surface area contributed by atoms with Crippen molar-refractivity contribution in [1.29, 1.82) is 0 Å². The van der Waals surface area contributed by atoms with Gasteiger partial charge in [0.15, 0.2) is 0 Å². The maximum atomic E-state index is 11.6. The molecule has 1 rings (SSSR count). The molecule has 0 bridgehead atoms. The highest BCUT2D eigenvalue weighted by molar-refractivity contribution is 5.77. The molecule has 0 radical (unpaired) electrons. The van der Waals surface area contributed by atoms with Crippen molar-refractivity contribution >= 4 is 5.91 Å². The minimum atomic E-state index is 0.0339. The molecule has 1 aromatic rings. The van der Waals surface area contributed by atoms with E-state index in [-0.39, 0.29) is 5.91 Å². The zero-order valence-electron chi connectivity index (χ0n) is 12.6. The van der Waals surface area contributed by atoms with Crippen molar-refractivity contribution in [2.24, 2.45) is 0 Å². The molecular formula is C15H25N3O2. The van der Waals surface area contributed by atoms with Crippen LogP contribution in [-0.2, 0) is 11.2 Å². The molecule has 5 heteroatoms. The summed E-state index contributed by atoms with van der Waals surface area (Å²) in [6.45, 7) is 2.75. The van der Waals surface area contributed by atoms with Gasteiger partial charge >= 0.3 is 0 Å². The molecule has 1 aromatic carbocycles. The van der Waals surface area contributed by atoms with Gasteiger partial charge in [-0.25, -0.2) is 0 Å². The molecule has 0 aliphatic rings. The fourth-order valence-corrected chi connectivity index (χ4v) is 1.74. The Morgan fingerprint density at radius 3 is 2.80 bits per heavy atom. The number of hydrogen-bond acceptors (Lipinski definition) is 4. The van der Waals surface area contributed by atoms with Crippen molar-refractivity contribution < 1.29 is 9.53 Å². The number of carbonyl (C=O) groups excluding carboxylic acids is 1. The molecule has 2 N–H and O–H groups in total. The molecule has 0 spiro atoms. The summed E-state index contributed by atoms with van der Waals surface area (Å²) in [5, 5.41) is 6.01. The second-order valence-electron chi connectivity index (χ2n) is 4.93. The lowest BCUT2D eigenvalue weighted by molar-refractivity contribution is -0.120. The van der Waals surface area contributed by atoms with Gasteiger partial charge < -0.3 is 20.3 Å². The molecular weight excluding hydrogens is 254 g/mol. The third-order valence-corrected chi connectivity index (χ3v) is 2.89. The number of nitrogens with one attached hydrogen (secondary N) is 2. The summed E-state index contributed by atoms with van der Waals surface area (Å²) in [5.74, 6) is 0.880. The van der Waals surface area contributed by atoms with Crippen molar-refractivity contribution in [2.75, 3.05) is 47.4 Å². The molecule has 0 fully saturated rings. The van der Waals surface area contributed by atoms with E-state index >= 15 is 0 Å². The minimum absolute atomic E-state index is 0.0339. The number of rotatable bonds is 9. The van der Waals surface area contributed by atoms with Crippen molar-refractivity contribution in [2.45, 2.75) is 6.42 Å². The SMILES string of the molecule is COc1cccc(CCNC(=O)CNCCN(C)C)c1. The summed E-state index contributed by atoms with van der Waals surface area (Å²) < 4.78 is 5.17. The second kappa shape index (κ2) is 9.34. The zero-order chi connectivity index (χ0) is 14.8. The average Bonchev–Trinajstić information content (AvgIpc) is 2.43. The minimum Gasteiger partial charge on any atom is -0.497 e. The number of methoxy groups -OCH3 is 1. The van der Waals surface area contributed by atoms with Gasteiger partial charge in [0.2, 0.25) is 5.91 Å². The van der Waals surface area contributed by atoms with Gasteiger partial charge in [-0.15, -0.1) is 0 Å². The summed E-state index contributed by atoms with van der Waals surface area (Å²) in [4.78, 5) is 13.7. The molecule has 5 nitrogen and oxygen atoms in total. The Labute approximate surface area is 121 Å². The van der Waals surface area contributed by atoms with Crippen LogP contribution < -0.4 is 15.4 Å². The summed E-state index contributed by atoms with van der Waals surface area (Å²) in [5.41, 5.74) is 1.16. The van der Waals surface area contributed by atoms with Crippen LogP contribution in [0.2, 0.25) is 0 Å². The van der Waals surface area contributed by atoms with Crippen molar-refractivity contribution in [3.05, 3.63) is 29.8 Å². The first-order chi connectivity index (χ1) is 9.61. The molecule has 0 heterocycles. The summed E-state index contributed by atoms with van der Waals surface area (Å²) in [7, 11) is 5.67. The first-order valence-electron chi connectivity index (χ1n) is 6.87. The number of benzene rings is 1. The van der Waals surface area contributed by atoms with E-state index in [2.05, 4.69) is 15.5 Å². The Morgan fingerprint density at radius 1 is 1.30 bits per heavy atom. The summed E-state index contributed by atoms with van der Waals surface area (Å²) in [6.07, 6.45) is 0.806. The first kappa shape index (κ1) is 16.5. The molecule has 0 atom stereocenters. The number of likely N-dealkylation sites (N-methyl/N-ethyl adjacent to an activating group) is 1. The van der Waals surface area contributed by atoms with Crippen LogP contribution in [0.15, 0.2) is 24.3 Å². The van der Waals surface area contributed by atoms with Crippen molar-refractivity contribution in [3.8, 4) is 5.75 Å². The van der Waals surface area contributed by atoms with E-state index in [1.165, 1.54) is 0 Å². The molecule has 1 amide bonds. The number of hydrogen-bond donors (Lipinski definition) is 2. The molecule has 0 aromatic heterocycles. The number of nitrogens with zero attached hydrogens (tertiary/aromatic N) is 1. The Bertz CT molecular complexity index is 408. The Morgan fingerprint density at radius 2 is 2.10 bits per heavy atom. The van der Waals surface area contributed by atoms with Crippen LogP contribution >= 0.6 is 0 Å². The fraction of sp³-hybridized carbons (Fsp3) is 0.533.